The molecule has 1 aromatic heterocycles. The molecule has 0 radical (unpaired) electrons. The van der Waals surface area contributed by atoms with E-state index >= 15 is 0 Å². The number of aromatic nitrogens is 2. The predicted octanol–water partition coefficient (Wildman–Crippen LogP) is -0.201. The van der Waals surface area contributed by atoms with Gasteiger partial charge in [0.25, 0.3) is 5.91 Å². The minimum Gasteiger partial charge on any atom is -0.356 e. The van der Waals surface area contributed by atoms with Gasteiger partial charge in [-0.15, -0.1) is 0 Å². The molecule has 8 heteroatoms. The summed E-state index contributed by atoms with van der Waals surface area (Å²) in [6.07, 6.45) is 3.03. The van der Waals surface area contributed by atoms with Crippen LogP contribution in [0.15, 0.2) is 12.3 Å². The Labute approximate surface area is 128 Å². The highest BCUT2D eigenvalue weighted by atomic mass is 16.2. The van der Waals surface area contributed by atoms with Gasteiger partial charge >= 0.3 is 6.03 Å². The van der Waals surface area contributed by atoms with E-state index in [4.69, 9.17) is 0 Å². The average molecular weight is 307 g/mol. The Morgan fingerprint density at radius 1 is 1.45 bits per heavy atom. The average Bonchev–Trinajstić information content (AvgIpc) is 2.98. The Balaban J connectivity index is 1.76. The molecule has 2 N–H and O–H groups in total. The molecule has 0 unspecified atom stereocenters. The number of carbonyl (C=O) groups is 3. The highest BCUT2D eigenvalue weighted by Crippen LogP contribution is 2.10. The second-order valence-electron chi connectivity index (χ2n) is 5.24. The number of amides is 4. The topological polar surface area (TPSA) is 96.3 Å². The van der Waals surface area contributed by atoms with Gasteiger partial charge in [-0.2, -0.15) is 5.10 Å². The molecular formula is C14H21N5O3. The van der Waals surface area contributed by atoms with Crippen molar-refractivity contribution < 1.29 is 14.4 Å². The van der Waals surface area contributed by atoms with Crippen LogP contribution in [-0.4, -0.2) is 51.7 Å². The third kappa shape index (κ3) is 3.63. The third-order valence-electron chi connectivity index (χ3n) is 3.57. The number of hydrogen-bond donors (Lipinski definition) is 2. The maximum atomic E-state index is 12.0. The molecule has 1 atom stereocenters. The van der Waals surface area contributed by atoms with Gasteiger partial charge in [0.15, 0.2) is 0 Å². The van der Waals surface area contributed by atoms with Crippen LogP contribution >= 0.6 is 0 Å². The zero-order chi connectivity index (χ0) is 16.1. The minimum absolute atomic E-state index is 0.0316. The van der Waals surface area contributed by atoms with E-state index in [0.717, 1.165) is 10.6 Å². The SMILES string of the molecule is CCCN1C(=O)N[C@H](CC(=O)NCCc2ccnn2C)C1=O. The minimum atomic E-state index is -0.754. The largest absolute Gasteiger partial charge is 0.356 e. The van der Waals surface area contributed by atoms with Crippen LogP contribution in [0, 0.1) is 0 Å². The Morgan fingerprint density at radius 2 is 2.23 bits per heavy atom. The first-order valence-electron chi connectivity index (χ1n) is 7.38. The quantitative estimate of drug-likeness (QED) is 0.682. The van der Waals surface area contributed by atoms with Crippen LogP contribution in [0.25, 0.3) is 0 Å². The molecule has 0 aliphatic carbocycles. The summed E-state index contributed by atoms with van der Waals surface area (Å²) in [7, 11) is 1.84. The fourth-order valence-electron chi connectivity index (χ4n) is 2.38. The predicted molar refractivity (Wildman–Crippen MR) is 78.9 cm³/mol. The third-order valence-corrected chi connectivity index (χ3v) is 3.57. The zero-order valence-electron chi connectivity index (χ0n) is 12.8. The van der Waals surface area contributed by atoms with Crippen molar-refractivity contribution in [1.29, 1.82) is 0 Å². The summed E-state index contributed by atoms with van der Waals surface area (Å²) in [5.41, 5.74) is 1.01. The Kier molecular flexibility index (Phi) is 5.13. The summed E-state index contributed by atoms with van der Waals surface area (Å²) in [6.45, 7) is 2.73. The summed E-state index contributed by atoms with van der Waals surface area (Å²) in [4.78, 5) is 36.7. The van der Waals surface area contributed by atoms with E-state index in [0.29, 0.717) is 25.9 Å². The molecule has 22 heavy (non-hydrogen) atoms. The molecule has 0 spiro atoms. The first-order chi connectivity index (χ1) is 10.5. The van der Waals surface area contributed by atoms with E-state index in [-0.39, 0.29) is 18.2 Å². The van der Waals surface area contributed by atoms with E-state index in [1.165, 1.54) is 0 Å². The fourth-order valence-corrected chi connectivity index (χ4v) is 2.38. The number of nitrogens with one attached hydrogen (secondary N) is 2. The lowest BCUT2D eigenvalue weighted by molar-refractivity contribution is -0.130. The van der Waals surface area contributed by atoms with E-state index in [9.17, 15) is 14.4 Å². The van der Waals surface area contributed by atoms with E-state index in [1.54, 1.807) is 10.9 Å². The lowest BCUT2D eigenvalue weighted by Gasteiger charge is -2.11. The lowest BCUT2D eigenvalue weighted by atomic mass is 10.2. The normalized spacial score (nSPS) is 17.7. The summed E-state index contributed by atoms with van der Waals surface area (Å²) in [6, 6.07) is 0.713. The van der Waals surface area contributed by atoms with Crippen molar-refractivity contribution in [2.24, 2.45) is 7.05 Å². The van der Waals surface area contributed by atoms with Gasteiger partial charge in [-0.1, -0.05) is 6.92 Å². The van der Waals surface area contributed by atoms with Gasteiger partial charge in [0.05, 0.1) is 6.42 Å². The molecular weight excluding hydrogens is 286 g/mol. The second-order valence-corrected chi connectivity index (χ2v) is 5.24. The van der Waals surface area contributed by atoms with Gasteiger partial charge in [-0.05, 0) is 12.5 Å². The molecule has 1 aromatic rings. The number of hydrogen-bond acceptors (Lipinski definition) is 4. The molecule has 2 rings (SSSR count). The van der Waals surface area contributed by atoms with Crippen molar-refractivity contribution in [3.8, 4) is 0 Å². The van der Waals surface area contributed by atoms with Gasteiger partial charge in [0, 0.05) is 38.4 Å². The van der Waals surface area contributed by atoms with E-state index in [2.05, 4.69) is 15.7 Å². The number of aryl methyl sites for hydroxylation is 1. The lowest BCUT2D eigenvalue weighted by Crippen LogP contribution is -2.37. The number of urea groups is 1. The van der Waals surface area contributed by atoms with Crippen molar-refractivity contribution in [2.45, 2.75) is 32.2 Å². The molecule has 120 valence electrons. The summed E-state index contributed by atoms with van der Waals surface area (Å²) >= 11 is 0. The monoisotopic (exact) mass is 307 g/mol. The van der Waals surface area contributed by atoms with Gasteiger partial charge in [-0.25, -0.2) is 4.79 Å². The Morgan fingerprint density at radius 3 is 2.86 bits per heavy atom. The zero-order valence-corrected chi connectivity index (χ0v) is 12.8. The number of nitrogens with zero attached hydrogens (tertiary/aromatic N) is 3. The van der Waals surface area contributed by atoms with Crippen LogP contribution < -0.4 is 10.6 Å². The highest BCUT2D eigenvalue weighted by molar-refractivity contribution is 6.05. The van der Waals surface area contributed by atoms with Gasteiger partial charge in [0.1, 0.15) is 6.04 Å². The van der Waals surface area contributed by atoms with Crippen molar-refractivity contribution in [3.63, 3.8) is 0 Å². The van der Waals surface area contributed by atoms with Crippen LogP contribution in [0.2, 0.25) is 0 Å². The van der Waals surface area contributed by atoms with Gasteiger partial charge in [-0.3, -0.25) is 19.2 Å². The number of imide groups is 1. The summed E-state index contributed by atoms with van der Waals surface area (Å²) in [5, 5.41) is 9.35. The van der Waals surface area contributed by atoms with E-state index in [1.807, 2.05) is 20.0 Å². The molecule has 0 saturated carbocycles. The Hall–Kier alpha value is -2.38. The number of carbonyl (C=O) groups excluding carboxylic acids is 3. The first kappa shape index (κ1) is 16.0. The summed E-state index contributed by atoms with van der Waals surface area (Å²) < 4.78 is 1.75. The van der Waals surface area contributed by atoms with Crippen molar-refractivity contribution in [3.05, 3.63) is 18.0 Å². The first-order valence-corrected chi connectivity index (χ1v) is 7.38. The maximum absolute atomic E-state index is 12.0. The van der Waals surface area contributed by atoms with Crippen molar-refractivity contribution >= 4 is 17.8 Å². The van der Waals surface area contributed by atoms with Gasteiger partial charge in [0.2, 0.25) is 5.91 Å². The standard InChI is InChI=1S/C14H21N5O3/c1-3-8-19-13(21)11(17-14(19)22)9-12(20)15-6-4-10-5-7-16-18(10)2/h5,7,11H,3-4,6,8-9H2,1-2H3,(H,15,20)(H,17,22)/t11-/m1/s1. The van der Waals surface area contributed by atoms with Gasteiger partial charge < -0.3 is 10.6 Å². The molecule has 1 fully saturated rings. The van der Waals surface area contributed by atoms with Crippen LogP contribution in [0.3, 0.4) is 0 Å². The molecule has 1 saturated heterocycles. The molecule has 1 aliphatic heterocycles. The second kappa shape index (κ2) is 7.06. The van der Waals surface area contributed by atoms with Crippen LogP contribution in [-0.2, 0) is 23.1 Å². The van der Waals surface area contributed by atoms with Crippen molar-refractivity contribution in [2.75, 3.05) is 13.1 Å². The Bertz CT molecular complexity index is 569. The maximum Gasteiger partial charge on any atom is 0.324 e. The summed E-state index contributed by atoms with van der Waals surface area (Å²) in [5.74, 6) is -0.576. The molecule has 0 aromatic carbocycles. The smallest absolute Gasteiger partial charge is 0.324 e. The molecule has 0 bridgehead atoms. The van der Waals surface area contributed by atoms with Crippen molar-refractivity contribution in [1.82, 2.24) is 25.3 Å². The highest BCUT2D eigenvalue weighted by Gasteiger charge is 2.38. The fraction of sp³-hybridized carbons (Fsp3) is 0.571. The van der Waals surface area contributed by atoms with Crippen LogP contribution in [0.4, 0.5) is 4.79 Å². The molecule has 1 aliphatic rings. The molecule has 2 heterocycles. The number of rotatable bonds is 7. The van der Waals surface area contributed by atoms with Crippen LogP contribution in [0.5, 0.6) is 0 Å². The molecule has 4 amide bonds. The molecule has 8 nitrogen and oxygen atoms in total. The van der Waals surface area contributed by atoms with E-state index < -0.39 is 12.1 Å². The van der Waals surface area contributed by atoms with Crippen LogP contribution in [0.1, 0.15) is 25.5 Å².